The molecule has 1 aliphatic heterocycles. The number of aromatic nitrogens is 1. The quantitative estimate of drug-likeness (QED) is 0.760. The highest BCUT2D eigenvalue weighted by atomic mass is 16.5. The number of rotatable bonds is 4. The Morgan fingerprint density at radius 1 is 1.18 bits per heavy atom. The number of nitrogens with one attached hydrogen (secondary N) is 1. The normalized spacial score (nSPS) is 24.2. The second-order valence-corrected chi connectivity index (χ2v) is 9.37. The van der Waals surface area contributed by atoms with Crippen LogP contribution in [0, 0.1) is 23.7 Å². The third kappa shape index (κ3) is 2.67. The zero-order valence-corrected chi connectivity index (χ0v) is 17.9. The first-order valence-electron chi connectivity index (χ1n) is 10.9. The third-order valence-electron chi connectivity index (χ3n) is 7.56. The third-order valence-corrected chi connectivity index (χ3v) is 7.56. The number of benzene rings is 1. The number of methoxy groups -OCH3 is 1. The highest BCUT2D eigenvalue weighted by Gasteiger charge is 2.58. The Morgan fingerprint density at radius 2 is 1.89 bits per heavy atom. The van der Waals surface area contributed by atoms with Gasteiger partial charge in [-0.2, -0.15) is 0 Å². The summed E-state index contributed by atoms with van der Waals surface area (Å²) < 4.78 is 5.50. The van der Waals surface area contributed by atoms with Crippen LogP contribution in [0.3, 0.4) is 0 Å². The Morgan fingerprint density at radius 3 is 2.57 bits per heavy atom. The minimum atomic E-state index is -0.0659. The van der Waals surface area contributed by atoms with Crippen molar-refractivity contribution in [2.45, 2.75) is 58.9 Å². The molecule has 1 amide bonds. The Balaban J connectivity index is 1.78. The van der Waals surface area contributed by atoms with Gasteiger partial charge in [0, 0.05) is 17.4 Å². The van der Waals surface area contributed by atoms with Gasteiger partial charge in [-0.25, -0.2) is 0 Å². The molecular formula is C24H34N2O2. The van der Waals surface area contributed by atoms with Gasteiger partial charge in [-0.05, 0) is 54.7 Å². The molecule has 1 aliphatic carbocycles. The molecule has 152 valence electrons. The molecule has 2 heterocycles. The molecule has 2 unspecified atom stereocenters. The predicted molar refractivity (Wildman–Crippen MR) is 114 cm³/mol. The minimum absolute atomic E-state index is 0.0659. The number of carbonyl (C=O) groups excluding carboxylic acids is 1. The van der Waals surface area contributed by atoms with Gasteiger partial charge < -0.3 is 14.6 Å². The fourth-order valence-corrected chi connectivity index (χ4v) is 6.60. The molecule has 4 nitrogen and oxygen atoms in total. The number of fused-ring (bicyclic) bond motifs is 2. The standard InChI is InChI=1S/C24H34N2O2/c1-15(2)24(16(3)4)19-10-7-6-9-17(19)14-26(24)23(27)21-13-18-20(25-21)11-8-12-22(18)28-5/h8,11-13,15-17,19,25H,6-7,9-10,14H2,1-5H3. The van der Waals surface area contributed by atoms with Crippen molar-refractivity contribution in [1.29, 1.82) is 0 Å². The van der Waals surface area contributed by atoms with Crippen molar-refractivity contribution in [2.24, 2.45) is 23.7 Å². The lowest BCUT2D eigenvalue weighted by Gasteiger charge is -2.50. The number of hydrogen-bond acceptors (Lipinski definition) is 2. The van der Waals surface area contributed by atoms with Crippen LogP contribution < -0.4 is 4.74 Å². The van der Waals surface area contributed by atoms with Gasteiger partial charge in [-0.1, -0.05) is 46.6 Å². The number of aromatic amines is 1. The Labute approximate surface area is 168 Å². The van der Waals surface area contributed by atoms with Crippen LogP contribution in [-0.2, 0) is 0 Å². The second-order valence-electron chi connectivity index (χ2n) is 9.37. The molecule has 0 spiro atoms. The summed E-state index contributed by atoms with van der Waals surface area (Å²) in [7, 11) is 1.68. The van der Waals surface area contributed by atoms with Gasteiger partial charge in [-0.15, -0.1) is 0 Å². The summed E-state index contributed by atoms with van der Waals surface area (Å²) in [6, 6.07) is 7.89. The van der Waals surface area contributed by atoms with Crippen molar-refractivity contribution in [2.75, 3.05) is 13.7 Å². The van der Waals surface area contributed by atoms with E-state index in [0.29, 0.717) is 29.4 Å². The number of hydrogen-bond donors (Lipinski definition) is 1. The van der Waals surface area contributed by atoms with Crippen LogP contribution in [0.2, 0.25) is 0 Å². The van der Waals surface area contributed by atoms with E-state index in [1.807, 2.05) is 24.3 Å². The van der Waals surface area contributed by atoms with Crippen molar-refractivity contribution in [3.8, 4) is 5.75 Å². The first-order valence-corrected chi connectivity index (χ1v) is 10.9. The number of ether oxygens (including phenoxy) is 1. The SMILES string of the molecule is COc1cccc2[nH]c(C(=O)N3CC4CCCCC4C3(C(C)C)C(C)C)cc12. The lowest BCUT2D eigenvalue weighted by atomic mass is 9.62. The van der Waals surface area contributed by atoms with Crippen LogP contribution in [0.15, 0.2) is 24.3 Å². The lowest BCUT2D eigenvalue weighted by Crippen LogP contribution is -2.58. The van der Waals surface area contributed by atoms with Crippen molar-refractivity contribution >= 4 is 16.8 Å². The van der Waals surface area contributed by atoms with E-state index in [9.17, 15) is 4.79 Å². The fraction of sp³-hybridized carbons (Fsp3) is 0.625. The topological polar surface area (TPSA) is 45.3 Å². The molecule has 0 bridgehead atoms. The van der Waals surface area contributed by atoms with E-state index in [1.54, 1.807) is 7.11 Å². The molecule has 2 aromatic rings. The lowest BCUT2D eigenvalue weighted by molar-refractivity contribution is 0.00186. The number of carbonyl (C=O) groups is 1. The van der Waals surface area contributed by atoms with E-state index in [-0.39, 0.29) is 11.4 Å². The molecule has 28 heavy (non-hydrogen) atoms. The largest absolute Gasteiger partial charge is 0.496 e. The first kappa shape index (κ1) is 19.4. The minimum Gasteiger partial charge on any atom is -0.496 e. The molecule has 1 N–H and O–H groups in total. The zero-order chi connectivity index (χ0) is 20.1. The molecule has 1 aromatic carbocycles. The first-order chi connectivity index (χ1) is 13.4. The number of nitrogens with zero attached hydrogens (tertiary/aromatic N) is 1. The molecular weight excluding hydrogens is 348 g/mol. The molecule has 2 aliphatic rings. The summed E-state index contributed by atoms with van der Waals surface area (Å²) in [6.45, 7) is 10.1. The number of H-pyrrole nitrogens is 1. The Hall–Kier alpha value is -1.97. The summed E-state index contributed by atoms with van der Waals surface area (Å²) in [5.74, 6) is 3.08. The summed E-state index contributed by atoms with van der Waals surface area (Å²) in [6.07, 6.45) is 5.12. The van der Waals surface area contributed by atoms with Crippen LogP contribution in [-0.4, -0.2) is 35.0 Å². The zero-order valence-electron chi connectivity index (χ0n) is 17.9. The monoisotopic (exact) mass is 382 g/mol. The molecule has 4 rings (SSSR count). The fourth-order valence-electron chi connectivity index (χ4n) is 6.60. The van der Waals surface area contributed by atoms with E-state index in [0.717, 1.165) is 23.2 Å². The molecule has 4 heteroatoms. The Bertz CT molecular complexity index is 859. The van der Waals surface area contributed by atoms with Crippen LogP contribution in [0.5, 0.6) is 5.75 Å². The average Bonchev–Trinajstić information content (AvgIpc) is 3.26. The van der Waals surface area contributed by atoms with Crippen LogP contribution in [0.1, 0.15) is 63.9 Å². The van der Waals surface area contributed by atoms with Crippen LogP contribution >= 0.6 is 0 Å². The van der Waals surface area contributed by atoms with Gasteiger partial charge in [0.25, 0.3) is 5.91 Å². The van der Waals surface area contributed by atoms with Crippen molar-refractivity contribution in [3.05, 3.63) is 30.0 Å². The molecule has 2 atom stereocenters. The maximum absolute atomic E-state index is 13.8. The van der Waals surface area contributed by atoms with Crippen LogP contribution in [0.4, 0.5) is 0 Å². The highest BCUT2D eigenvalue weighted by molar-refractivity contribution is 6.00. The van der Waals surface area contributed by atoms with E-state index in [2.05, 4.69) is 37.6 Å². The van der Waals surface area contributed by atoms with E-state index >= 15 is 0 Å². The molecule has 1 saturated heterocycles. The second kappa shape index (κ2) is 7.13. The van der Waals surface area contributed by atoms with Crippen molar-refractivity contribution in [3.63, 3.8) is 0 Å². The van der Waals surface area contributed by atoms with Gasteiger partial charge in [0.1, 0.15) is 11.4 Å². The average molecular weight is 383 g/mol. The summed E-state index contributed by atoms with van der Waals surface area (Å²) >= 11 is 0. The summed E-state index contributed by atoms with van der Waals surface area (Å²) in [4.78, 5) is 19.5. The van der Waals surface area contributed by atoms with Gasteiger partial charge in [-0.3, -0.25) is 4.79 Å². The van der Waals surface area contributed by atoms with Crippen molar-refractivity contribution in [1.82, 2.24) is 9.88 Å². The molecule has 1 aromatic heterocycles. The number of amides is 1. The van der Waals surface area contributed by atoms with E-state index < -0.39 is 0 Å². The molecule has 1 saturated carbocycles. The van der Waals surface area contributed by atoms with E-state index in [4.69, 9.17) is 4.74 Å². The predicted octanol–water partition coefficient (Wildman–Crippen LogP) is 5.49. The smallest absolute Gasteiger partial charge is 0.270 e. The van der Waals surface area contributed by atoms with Gasteiger partial charge in [0.2, 0.25) is 0 Å². The molecule has 0 radical (unpaired) electrons. The Kier molecular flexibility index (Phi) is 4.93. The molecule has 2 fully saturated rings. The van der Waals surface area contributed by atoms with Crippen LogP contribution in [0.25, 0.3) is 10.9 Å². The maximum Gasteiger partial charge on any atom is 0.270 e. The summed E-state index contributed by atoms with van der Waals surface area (Å²) in [5.41, 5.74) is 1.58. The maximum atomic E-state index is 13.8. The van der Waals surface area contributed by atoms with E-state index in [1.165, 1.54) is 25.7 Å². The van der Waals surface area contributed by atoms with Gasteiger partial charge in [0.05, 0.1) is 12.6 Å². The van der Waals surface area contributed by atoms with Gasteiger partial charge in [0.15, 0.2) is 0 Å². The van der Waals surface area contributed by atoms with Gasteiger partial charge >= 0.3 is 0 Å². The van der Waals surface area contributed by atoms with Crippen molar-refractivity contribution < 1.29 is 9.53 Å². The summed E-state index contributed by atoms with van der Waals surface area (Å²) in [5, 5.41) is 0.977. The highest BCUT2D eigenvalue weighted by Crippen LogP contribution is 2.54. The number of likely N-dealkylation sites (tertiary alicyclic amines) is 1.